The van der Waals surface area contributed by atoms with Gasteiger partial charge in [-0.15, -0.1) is 0 Å². The fourth-order valence-corrected chi connectivity index (χ4v) is 5.32. The van der Waals surface area contributed by atoms with Crippen molar-refractivity contribution in [3.05, 3.63) is 0 Å². The van der Waals surface area contributed by atoms with Gasteiger partial charge in [0.25, 0.3) is 0 Å². The molecular weight excluding hydrogens is 194 g/mol. The molecule has 0 aromatic rings. The van der Waals surface area contributed by atoms with Crippen LogP contribution in [0.15, 0.2) is 4.99 Å². The Balaban J connectivity index is 4.78. The summed E-state index contributed by atoms with van der Waals surface area (Å²) in [5, 5.41) is 0. The Hall–Kier alpha value is -0.443. The van der Waals surface area contributed by atoms with Crippen LogP contribution in [-0.4, -0.2) is 27.2 Å². The van der Waals surface area contributed by atoms with Crippen molar-refractivity contribution in [3.8, 4) is 0 Å². The van der Waals surface area contributed by atoms with Gasteiger partial charge in [-0.3, -0.25) is 0 Å². The molecule has 0 fully saturated rings. The van der Waals surface area contributed by atoms with Crippen molar-refractivity contribution in [2.75, 3.05) is 7.11 Å². The van der Waals surface area contributed by atoms with E-state index in [-0.39, 0.29) is 5.67 Å². The fraction of sp³-hybridized carbons (Fsp3) is 0.900. The molecule has 0 aromatic carbocycles. The molecule has 1 atom stereocenters. The lowest BCUT2D eigenvalue weighted by molar-refractivity contribution is 0.375. The summed E-state index contributed by atoms with van der Waals surface area (Å²) in [5.74, 6) is 0. The average molecular weight is 215 g/mol. The normalized spacial score (nSPS) is 13.4. The number of hydrogen-bond donors (Lipinski definition) is 0. The van der Waals surface area contributed by atoms with Crippen LogP contribution in [0.25, 0.3) is 0 Å². The van der Waals surface area contributed by atoms with Crippen molar-refractivity contribution in [2.45, 2.75) is 51.4 Å². The first kappa shape index (κ1) is 13.6. The zero-order valence-corrected chi connectivity index (χ0v) is 10.7. The maximum absolute atomic E-state index is 10.4. The lowest BCUT2D eigenvalue weighted by Gasteiger charge is -2.32. The predicted octanol–water partition coefficient (Wildman–Crippen LogP) is 2.66. The first-order valence-corrected chi connectivity index (χ1v) is 7.72. The lowest BCUT2D eigenvalue weighted by Crippen LogP contribution is -2.47. The van der Waals surface area contributed by atoms with Gasteiger partial charge in [0, 0.05) is 7.11 Å². The second-order valence-electron chi connectivity index (χ2n) is 3.50. The van der Waals surface area contributed by atoms with Gasteiger partial charge in [0.05, 0.1) is 5.67 Å². The molecule has 0 saturated carbocycles. The van der Waals surface area contributed by atoms with E-state index in [0.29, 0.717) is 0 Å². The molecule has 0 radical (unpaired) electrons. The molecule has 14 heavy (non-hydrogen) atoms. The van der Waals surface area contributed by atoms with Gasteiger partial charge in [-0.25, -0.2) is 9.79 Å². The van der Waals surface area contributed by atoms with Crippen LogP contribution in [0.1, 0.15) is 33.6 Å². The molecule has 0 aliphatic carbocycles. The van der Waals surface area contributed by atoms with Crippen molar-refractivity contribution in [1.82, 2.24) is 0 Å². The van der Waals surface area contributed by atoms with Crippen molar-refractivity contribution in [2.24, 2.45) is 4.99 Å². The van der Waals surface area contributed by atoms with Crippen LogP contribution in [0.4, 0.5) is 0 Å². The number of isocyanates is 1. The third-order valence-electron chi connectivity index (χ3n) is 2.98. The highest BCUT2D eigenvalue weighted by Crippen LogP contribution is 2.25. The number of nitrogens with zero attached hydrogens (tertiary/aromatic N) is 1. The molecular formula is C10H21NO2Si. The van der Waals surface area contributed by atoms with Gasteiger partial charge in [0.15, 0.2) is 0 Å². The Morgan fingerprint density at radius 2 is 1.93 bits per heavy atom. The third-order valence-corrected chi connectivity index (χ3v) is 7.82. The van der Waals surface area contributed by atoms with Gasteiger partial charge in [-0.2, -0.15) is 0 Å². The van der Waals surface area contributed by atoms with Crippen LogP contribution in [0, 0.1) is 0 Å². The standard InChI is InChI=1S/C10H21NO2Si/c1-5-8-10(11-9-12)14(6-2,7-3)13-4/h10H,5-8H2,1-4H3. The molecule has 0 amide bonds. The summed E-state index contributed by atoms with van der Waals surface area (Å²) in [6, 6.07) is 2.02. The molecule has 0 N–H and O–H groups in total. The number of rotatable bonds is 7. The van der Waals surface area contributed by atoms with E-state index < -0.39 is 8.32 Å². The summed E-state index contributed by atoms with van der Waals surface area (Å²) in [6.07, 6.45) is 3.67. The molecule has 0 aliphatic heterocycles. The van der Waals surface area contributed by atoms with Gasteiger partial charge in [0.2, 0.25) is 14.4 Å². The molecule has 4 heteroatoms. The number of aliphatic imine (C=N–C) groups is 1. The van der Waals surface area contributed by atoms with E-state index in [1.807, 2.05) is 0 Å². The first-order chi connectivity index (χ1) is 6.70. The maximum Gasteiger partial charge on any atom is 0.235 e. The molecule has 0 aromatic heterocycles. The Bertz CT molecular complexity index is 190. The highest BCUT2D eigenvalue weighted by molar-refractivity contribution is 6.75. The van der Waals surface area contributed by atoms with E-state index in [2.05, 4.69) is 25.8 Å². The Kier molecular flexibility index (Phi) is 6.71. The molecule has 1 unspecified atom stereocenters. The summed E-state index contributed by atoms with van der Waals surface area (Å²) in [6.45, 7) is 6.36. The van der Waals surface area contributed by atoms with E-state index in [1.165, 1.54) is 0 Å². The number of hydrogen-bond acceptors (Lipinski definition) is 3. The zero-order valence-electron chi connectivity index (χ0n) is 9.67. The van der Waals surface area contributed by atoms with Gasteiger partial charge >= 0.3 is 0 Å². The van der Waals surface area contributed by atoms with Crippen molar-refractivity contribution >= 4 is 14.4 Å². The van der Waals surface area contributed by atoms with Crippen molar-refractivity contribution < 1.29 is 9.22 Å². The Morgan fingerprint density at radius 1 is 1.36 bits per heavy atom. The zero-order chi connectivity index (χ0) is 11.0. The van der Waals surface area contributed by atoms with Gasteiger partial charge < -0.3 is 4.43 Å². The largest absolute Gasteiger partial charge is 0.418 e. The van der Waals surface area contributed by atoms with Crippen molar-refractivity contribution in [3.63, 3.8) is 0 Å². The van der Waals surface area contributed by atoms with Crippen LogP contribution in [0.2, 0.25) is 12.1 Å². The summed E-state index contributed by atoms with van der Waals surface area (Å²) >= 11 is 0. The third kappa shape index (κ3) is 3.05. The van der Waals surface area contributed by atoms with E-state index in [1.54, 1.807) is 13.2 Å². The molecule has 82 valence electrons. The van der Waals surface area contributed by atoms with Gasteiger partial charge in [0.1, 0.15) is 0 Å². The van der Waals surface area contributed by atoms with Crippen LogP contribution in [0.5, 0.6) is 0 Å². The molecule has 0 bridgehead atoms. The summed E-state index contributed by atoms with van der Waals surface area (Å²) in [4.78, 5) is 14.3. The Morgan fingerprint density at radius 3 is 2.21 bits per heavy atom. The molecule has 0 heterocycles. The SMILES string of the molecule is CCCC(N=C=O)[Si](CC)(CC)OC. The lowest BCUT2D eigenvalue weighted by atomic mass is 10.3. The molecule has 0 aliphatic rings. The highest BCUT2D eigenvalue weighted by Gasteiger charge is 2.38. The second kappa shape index (κ2) is 6.93. The van der Waals surface area contributed by atoms with Crippen LogP contribution >= 0.6 is 0 Å². The van der Waals surface area contributed by atoms with E-state index in [9.17, 15) is 4.79 Å². The van der Waals surface area contributed by atoms with Crippen LogP contribution in [0.3, 0.4) is 0 Å². The van der Waals surface area contributed by atoms with Crippen molar-refractivity contribution in [1.29, 1.82) is 0 Å². The minimum absolute atomic E-state index is 0.0880. The van der Waals surface area contributed by atoms with Crippen LogP contribution < -0.4 is 0 Å². The summed E-state index contributed by atoms with van der Waals surface area (Å²) in [5.41, 5.74) is 0.0880. The van der Waals surface area contributed by atoms with Gasteiger partial charge in [-0.05, 0) is 18.5 Å². The maximum atomic E-state index is 10.4. The summed E-state index contributed by atoms with van der Waals surface area (Å²) < 4.78 is 5.67. The monoisotopic (exact) mass is 215 g/mol. The summed E-state index contributed by atoms with van der Waals surface area (Å²) in [7, 11) is -0.0658. The molecule has 0 spiro atoms. The van der Waals surface area contributed by atoms with E-state index in [0.717, 1.165) is 24.9 Å². The number of carbonyl (C=O) groups excluding carboxylic acids is 1. The first-order valence-electron chi connectivity index (χ1n) is 5.32. The fourth-order valence-electron chi connectivity index (χ4n) is 1.93. The average Bonchev–Trinajstić information content (AvgIpc) is 2.22. The second-order valence-corrected chi connectivity index (χ2v) is 8.12. The molecule has 0 saturated heterocycles. The molecule has 3 nitrogen and oxygen atoms in total. The van der Waals surface area contributed by atoms with E-state index >= 15 is 0 Å². The smallest absolute Gasteiger partial charge is 0.235 e. The molecule has 0 rings (SSSR count). The minimum atomic E-state index is -1.82. The van der Waals surface area contributed by atoms with Crippen LogP contribution in [-0.2, 0) is 9.22 Å². The Labute approximate surface area is 87.7 Å². The van der Waals surface area contributed by atoms with Gasteiger partial charge in [-0.1, -0.05) is 27.2 Å². The minimum Gasteiger partial charge on any atom is -0.418 e. The quantitative estimate of drug-likeness (QED) is 0.372. The topological polar surface area (TPSA) is 38.7 Å². The predicted molar refractivity (Wildman–Crippen MR) is 60.5 cm³/mol. The van der Waals surface area contributed by atoms with E-state index in [4.69, 9.17) is 4.43 Å². The highest BCUT2D eigenvalue weighted by atomic mass is 28.4.